The maximum Gasteiger partial charge on any atom is 0.0540 e. The van der Waals surface area contributed by atoms with E-state index >= 15 is 0 Å². The van der Waals surface area contributed by atoms with Crippen molar-refractivity contribution in [2.45, 2.75) is 51.1 Å². The van der Waals surface area contributed by atoms with Crippen LogP contribution in [0.4, 0.5) is 0 Å². The first-order valence-corrected chi connectivity index (χ1v) is 8.11. The van der Waals surface area contributed by atoms with Gasteiger partial charge in [0.1, 0.15) is 0 Å². The van der Waals surface area contributed by atoms with Crippen molar-refractivity contribution < 1.29 is 0 Å². The number of rotatable bonds is 4. The lowest BCUT2D eigenvalue weighted by Gasteiger charge is -2.35. The molecule has 4 nitrogen and oxygen atoms in total. The highest BCUT2D eigenvalue weighted by molar-refractivity contribution is 5.23. The number of nitrogens with zero attached hydrogens (tertiary/aromatic N) is 3. The minimum Gasteiger partial charge on any atom is -0.319 e. The van der Waals surface area contributed by atoms with E-state index in [1.54, 1.807) is 0 Å². The van der Waals surface area contributed by atoms with Crippen molar-refractivity contribution in [3.05, 3.63) is 17.5 Å². The average molecular weight is 276 g/mol. The Balaban J connectivity index is 1.94. The molecule has 0 radical (unpaired) electrons. The Kier molecular flexibility index (Phi) is 4.13. The third kappa shape index (κ3) is 2.63. The van der Waals surface area contributed by atoms with Crippen LogP contribution in [-0.4, -0.2) is 40.9 Å². The van der Waals surface area contributed by atoms with Crippen molar-refractivity contribution in [1.82, 2.24) is 20.0 Å². The van der Waals surface area contributed by atoms with Gasteiger partial charge in [-0.1, -0.05) is 6.42 Å². The summed E-state index contributed by atoms with van der Waals surface area (Å²) < 4.78 is 2.03. The number of likely N-dealkylation sites (tertiary alicyclic amines) is 1. The molecular weight excluding hydrogens is 248 g/mol. The van der Waals surface area contributed by atoms with E-state index in [-0.39, 0.29) is 0 Å². The lowest BCUT2D eigenvalue weighted by Crippen LogP contribution is -2.38. The largest absolute Gasteiger partial charge is 0.319 e. The first-order chi connectivity index (χ1) is 9.72. The number of nitrogens with one attached hydrogen (secondary N) is 1. The van der Waals surface area contributed by atoms with Gasteiger partial charge in [-0.15, -0.1) is 0 Å². The molecular formula is C16H28N4. The highest BCUT2D eigenvalue weighted by Gasteiger charge is 2.40. The maximum absolute atomic E-state index is 4.50. The highest BCUT2D eigenvalue weighted by atomic mass is 15.3. The van der Waals surface area contributed by atoms with E-state index in [0.717, 1.165) is 12.6 Å². The average Bonchev–Trinajstić information content (AvgIpc) is 3.23. The summed E-state index contributed by atoms with van der Waals surface area (Å²) in [5, 5.41) is 7.92. The van der Waals surface area contributed by atoms with Crippen LogP contribution in [-0.2, 0) is 7.05 Å². The standard InChI is InChI=1S/C16H28N4/c1-12-15(11-18-19(12)3)16-13(10-17-2)6-4-5-9-20(16)14-7-8-14/h11,13-14,16-17H,4-10H2,1-3H3. The monoisotopic (exact) mass is 276 g/mol. The molecule has 2 heterocycles. The van der Waals surface area contributed by atoms with Crippen molar-refractivity contribution in [2.24, 2.45) is 13.0 Å². The molecule has 3 rings (SSSR count). The molecule has 1 N–H and O–H groups in total. The summed E-state index contributed by atoms with van der Waals surface area (Å²) in [6.45, 7) is 4.60. The van der Waals surface area contributed by atoms with E-state index in [1.807, 2.05) is 4.68 Å². The summed E-state index contributed by atoms with van der Waals surface area (Å²) in [6, 6.07) is 1.39. The Morgan fingerprint density at radius 2 is 2.10 bits per heavy atom. The van der Waals surface area contributed by atoms with Gasteiger partial charge < -0.3 is 5.32 Å². The first-order valence-electron chi connectivity index (χ1n) is 8.11. The van der Waals surface area contributed by atoms with Gasteiger partial charge in [0.05, 0.1) is 6.20 Å². The molecule has 2 fully saturated rings. The van der Waals surface area contributed by atoms with Crippen LogP contribution < -0.4 is 5.32 Å². The third-order valence-electron chi connectivity index (χ3n) is 5.12. The van der Waals surface area contributed by atoms with Gasteiger partial charge in [0, 0.05) is 30.4 Å². The molecule has 2 aliphatic rings. The molecule has 1 saturated heterocycles. The second kappa shape index (κ2) is 5.86. The van der Waals surface area contributed by atoms with Gasteiger partial charge in [0.15, 0.2) is 0 Å². The number of aryl methyl sites for hydroxylation is 1. The summed E-state index contributed by atoms with van der Waals surface area (Å²) in [7, 11) is 4.14. The van der Waals surface area contributed by atoms with Gasteiger partial charge in [-0.05, 0) is 58.7 Å². The van der Waals surface area contributed by atoms with Crippen molar-refractivity contribution in [1.29, 1.82) is 0 Å². The molecule has 1 saturated carbocycles. The molecule has 2 unspecified atom stereocenters. The summed E-state index contributed by atoms with van der Waals surface area (Å²) in [4.78, 5) is 2.79. The first kappa shape index (κ1) is 14.1. The molecule has 20 heavy (non-hydrogen) atoms. The third-order valence-corrected chi connectivity index (χ3v) is 5.12. The lowest BCUT2D eigenvalue weighted by molar-refractivity contribution is 0.145. The fourth-order valence-corrected chi connectivity index (χ4v) is 3.80. The van der Waals surface area contributed by atoms with Gasteiger partial charge in [-0.2, -0.15) is 5.10 Å². The smallest absolute Gasteiger partial charge is 0.0540 e. The molecule has 112 valence electrons. The highest BCUT2D eigenvalue weighted by Crippen LogP contribution is 2.42. The predicted octanol–water partition coefficient (Wildman–Crippen LogP) is 2.25. The van der Waals surface area contributed by atoms with Gasteiger partial charge in [0.25, 0.3) is 0 Å². The van der Waals surface area contributed by atoms with Gasteiger partial charge >= 0.3 is 0 Å². The fraction of sp³-hybridized carbons (Fsp3) is 0.812. The van der Waals surface area contributed by atoms with E-state index < -0.39 is 0 Å². The summed E-state index contributed by atoms with van der Waals surface area (Å²) in [5.41, 5.74) is 2.80. The van der Waals surface area contributed by atoms with Crippen molar-refractivity contribution >= 4 is 0 Å². The SMILES string of the molecule is CNCC1CCCCN(C2CC2)C1c1cnn(C)c1C. The molecule has 0 amide bonds. The van der Waals surface area contributed by atoms with Crippen LogP contribution in [0.25, 0.3) is 0 Å². The van der Waals surface area contributed by atoms with Crippen LogP contribution in [0, 0.1) is 12.8 Å². The van der Waals surface area contributed by atoms with Gasteiger partial charge in [-0.3, -0.25) is 9.58 Å². The Labute approximate surface area is 122 Å². The second-order valence-corrected chi connectivity index (χ2v) is 6.54. The van der Waals surface area contributed by atoms with E-state index in [4.69, 9.17) is 0 Å². The van der Waals surface area contributed by atoms with E-state index in [1.165, 1.54) is 49.9 Å². The molecule has 2 atom stereocenters. The summed E-state index contributed by atoms with van der Waals surface area (Å²) in [5.74, 6) is 0.714. The Morgan fingerprint density at radius 1 is 1.30 bits per heavy atom. The summed E-state index contributed by atoms with van der Waals surface area (Å²) >= 11 is 0. The number of hydrogen-bond acceptors (Lipinski definition) is 3. The van der Waals surface area contributed by atoms with Crippen LogP contribution in [0.15, 0.2) is 6.20 Å². The van der Waals surface area contributed by atoms with E-state index in [9.17, 15) is 0 Å². The number of hydrogen-bond donors (Lipinski definition) is 1. The van der Waals surface area contributed by atoms with Crippen LogP contribution in [0.1, 0.15) is 49.4 Å². The fourth-order valence-electron chi connectivity index (χ4n) is 3.80. The zero-order valence-electron chi connectivity index (χ0n) is 13.1. The van der Waals surface area contributed by atoms with Crippen LogP contribution >= 0.6 is 0 Å². The maximum atomic E-state index is 4.50. The van der Waals surface area contributed by atoms with Crippen LogP contribution in [0.3, 0.4) is 0 Å². The quantitative estimate of drug-likeness (QED) is 0.915. The number of aromatic nitrogens is 2. The molecule has 1 aromatic heterocycles. The zero-order chi connectivity index (χ0) is 14.1. The molecule has 4 heteroatoms. The van der Waals surface area contributed by atoms with Crippen LogP contribution in [0.2, 0.25) is 0 Å². The molecule has 0 aromatic carbocycles. The molecule has 1 aliphatic heterocycles. The lowest BCUT2D eigenvalue weighted by atomic mass is 9.89. The van der Waals surface area contributed by atoms with Crippen LogP contribution in [0.5, 0.6) is 0 Å². The van der Waals surface area contributed by atoms with Crippen molar-refractivity contribution in [3.8, 4) is 0 Å². The second-order valence-electron chi connectivity index (χ2n) is 6.54. The zero-order valence-corrected chi connectivity index (χ0v) is 13.1. The Bertz CT molecular complexity index is 449. The van der Waals surface area contributed by atoms with Gasteiger partial charge in [0.2, 0.25) is 0 Å². The van der Waals surface area contributed by atoms with E-state index in [2.05, 4.69) is 42.5 Å². The van der Waals surface area contributed by atoms with E-state index in [0.29, 0.717) is 12.0 Å². The molecule has 0 spiro atoms. The minimum absolute atomic E-state index is 0.561. The predicted molar refractivity (Wildman–Crippen MR) is 81.7 cm³/mol. The Morgan fingerprint density at radius 3 is 2.70 bits per heavy atom. The molecule has 0 bridgehead atoms. The van der Waals surface area contributed by atoms with Crippen molar-refractivity contribution in [3.63, 3.8) is 0 Å². The summed E-state index contributed by atoms with van der Waals surface area (Å²) in [6.07, 6.45) is 8.95. The van der Waals surface area contributed by atoms with Crippen molar-refractivity contribution in [2.75, 3.05) is 20.1 Å². The normalized spacial score (nSPS) is 28.6. The molecule has 1 aliphatic carbocycles. The molecule has 1 aromatic rings. The topological polar surface area (TPSA) is 33.1 Å². The van der Waals surface area contributed by atoms with Gasteiger partial charge in [-0.25, -0.2) is 0 Å². The Hall–Kier alpha value is -0.870. The minimum atomic E-state index is 0.561.